The summed E-state index contributed by atoms with van der Waals surface area (Å²) < 4.78 is 16.3. The number of nitrogens with zero attached hydrogens (tertiary/aromatic N) is 2. The fourth-order valence-corrected chi connectivity index (χ4v) is 2.95. The maximum atomic E-state index is 13.7. The third-order valence-corrected chi connectivity index (χ3v) is 5.26. The first-order valence-corrected chi connectivity index (χ1v) is 8.89. The van der Waals surface area contributed by atoms with Crippen LogP contribution in [-0.2, 0) is 12.4 Å². The summed E-state index contributed by atoms with van der Waals surface area (Å²) in [6.07, 6.45) is 3.12. The summed E-state index contributed by atoms with van der Waals surface area (Å²) >= 11 is 9.76. The van der Waals surface area contributed by atoms with Gasteiger partial charge in [0.05, 0.1) is 20.5 Å². The SMILES string of the molecule is CSC(C)CCn1c(CCl)nc2cc(I)c(F)cc21. The van der Waals surface area contributed by atoms with Crippen LogP contribution < -0.4 is 0 Å². The van der Waals surface area contributed by atoms with E-state index in [1.807, 2.05) is 38.9 Å². The van der Waals surface area contributed by atoms with Gasteiger partial charge in [-0.25, -0.2) is 9.37 Å². The second kappa shape index (κ2) is 6.63. The number of thioether (sulfide) groups is 1. The van der Waals surface area contributed by atoms with Crippen LogP contribution in [0.1, 0.15) is 19.2 Å². The largest absolute Gasteiger partial charge is 0.327 e. The van der Waals surface area contributed by atoms with Crippen molar-refractivity contribution in [2.75, 3.05) is 6.26 Å². The van der Waals surface area contributed by atoms with Crippen molar-refractivity contribution in [2.24, 2.45) is 0 Å². The minimum absolute atomic E-state index is 0.201. The first kappa shape index (κ1) is 15.4. The van der Waals surface area contributed by atoms with Gasteiger partial charge in [0.1, 0.15) is 11.6 Å². The van der Waals surface area contributed by atoms with Crippen molar-refractivity contribution < 1.29 is 4.39 Å². The highest BCUT2D eigenvalue weighted by Gasteiger charge is 2.13. The van der Waals surface area contributed by atoms with Crippen LogP contribution in [-0.4, -0.2) is 21.1 Å². The van der Waals surface area contributed by atoms with Crippen molar-refractivity contribution in [1.82, 2.24) is 9.55 Å². The van der Waals surface area contributed by atoms with E-state index < -0.39 is 0 Å². The summed E-state index contributed by atoms with van der Waals surface area (Å²) in [7, 11) is 0. The summed E-state index contributed by atoms with van der Waals surface area (Å²) in [6.45, 7) is 3.01. The highest BCUT2D eigenvalue weighted by Crippen LogP contribution is 2.24. The van der Waals surface area contributed by atoms with Gasteiger partial charge in [-0.1, -0.05) is 6.92 Å². The van der Waals surface area contributed by atoms with Crippen LogP contribution in [0.4, 0.5) is 4.39 Å². The Balaban J connectivity index is 2.42. The molecule has 0 radical (unpaired) electrons. The Kier molecular flexibility index (Phi) is 5.37. The highest BCUT2D eigenvalue weighted by atomic mass is 127. The zero-order valence-electron chi connectivity index (χ0n) is 10.8. The zero-order valence-corrected chi connectivity index (χ0v) is 14.5. The molecule has 1 heterocycles. The normalized spacial score (nSPS) is 13.1. The van der Waals surface area contributed by atoms with E-state index in [0.29, 0.717) is 14.7 Å². The molecular weight excluding hydrogens is 398 g/mol. The fourth-order valence-electron chi connectivity index (χ4n) is 1.95. The minimum atomic E-state index is -0.201. The van der Waals surface area contributed by atoms with Crippen LogP contribution in [0, 0.1) is 9.39 Å². The average Bonchev–Trinajstić information content (AvgIpc) is 2.73. The molecule has 0 aliphatic carbocycles. The molecule has 1 atom stereocenters. The number of halogens is 3. The van der Waals surface area contributed by atoms with Crippen molar-refractivity contribution in [1.29, 1.82) is 0 Å². The number of benzene rings is 1. The van der Waals surface area contributed by atoms with Crippen LogP contribution in [0.3, 0.4) is 0 Å². The van der Waals surface area contributed by atoms with Crippen molar-refractivity contribution in [3.8, 4) is 0 Å². The lowest BCUT2D eigenvalue weighted by molar-refractivity contribution is 0.615. The van der Waals surface area contributed by atoms with Gasteiger partial charge in [-0.3, -0.25) is 0 Å². The van der Waals surface area contributed by atoms with Crippen LogP contribution in [0.2, 0.25) is 0 Å². The Labute approximate surface area is 135 Å². The number of hydrogen-bond acceptors (Lipinski definition) is 2. The van der Waals surface area contributed by atoms with E-state index in [2.05, 4.69) is 18.2 Å². The lowest BCUT2D eigenvalue weighted by Gasteiger charge is -2.11. The Morgan fingerprint density at radius 1 is 1.53 bits per heavy atom. The number of rotatable bonds is 5. The third kappa shape index (κ3) is 3.36. The minimum Gasteiger partial charge on any atom is -0.327 e. The van der Waals surface area contributed by atoms with Gasteiger partial charge in [0.15, 0.2) is 0 Å². The topological polar surface area (TPSA) is 17.8 Å². The van der Waals surface area contributed by atoms with Crippen molar-refractivity contribution >= 4 is 57.0 Å². The van der Waals surface area contributed by atoms with E-state index in [1.54, 1.807) is 12.1 Å². The first-order valence-electron chi connectivity index (χ1n) is 5.99. The molecule has 2 rings (SSSR count). The summed E-state index contributed by atoms with van der Waals surface area (Å²) in [5, 5.41) is 0.564. The van der Waals surface area contributed by atoms with E-state index >= 15 is 0 Å². The number of imidazole rings is 1. The smallest absolute Gasteiger partial charge is 0.138 e. The molecule has 2 aromatic rings. The van der Waals surface area contributed by atoms with E-state index in [0.717, 1.165) is 29.8 Å². The Bertz CT molecular complexity index is 588. The lowest BCUT2D eigenvalue weighted by Crippen LogP contribution is -2.07. The molecule has 6 heteroatoms. The molecule has 0 fully saturated rings. The van der Waals surface area contributed by atoms with E-state index in [9.17, 15) is 4.39 Å². The van der Waals surface area contributed by atoms with Gasteiger partial charge < -0.3 is 4.57 Å². The zero-order chi connectivity index (χ0) is 14.0. The Hall–Kier alpha value is -0.0100. The summed E-state index contributed by atoms with van der Waals surface area (Å²) in [5.41, 5.74) is 1.65. The van der Waals surface area contributed by atoms with Crippen LogP contribution in [0.25, 0.3) is 11.0 Å². The molecular formula is C13H15ClFIN2S. The molecule has 0 amide bonds. The molecule has 0 aliphatic heterocycles. The molecule has 0 bridgehead atoms. The summed E-state index contributed by atoms with van der Waals surface area (Å²) in [6, 6.07) is 3.33. The number of aryl methyl sites for hydroxylation is 1. The van der Waals surface area contributed by atoms with Gasteiger partial charge in [-0.15, -0.1) is 11.6 Å². The van der Waals surface area contributed by atoms with Gasteiger partial charge in [0.2, 0.25) is 0 Å². The van der Waals surface area contributed by atoms with Gasteiger partial charge in [-0.2, -0.15) is 11.8 Å². The molecule has 1 aromatic heterocycles. The van der Waals surface area contributed by atoms with E-state index in [1.165, 1.54) is 0 Å². The second-order valence-corrected chi connectivity index (χ2v) is 7.11. The monoisotopic (exact) mass is 412 g/mol. The molecule has 0 saturated carbocycles. The van der Waals surface area contributed by atoms with Gasteiger partial charge in [-0.05, 0) is 41.3 Å². The number of fused-ring (bicyclic) bond motifs is 1. The van der Waals surface area contributed by atoms with E-state index in [4.69, 9.17) is 11.6 Å². The van der Waals surface area contributed by atoms with Crippen molar-refractivity contribution in [3.05, 3.63) is 27.3 Å². The Morgan fingerprint density at radius 3 is 2.89 bits per heavy atom. The predicted octanol–water partition coefficient (Wildman–Crippen LogP) is 4.66. The molecule has 0 N–H and O–H groups in total. The molecule has 0 spiro atoms. The maximum Gasteiger partial charge on any atom is 0.138 e. The number of aromatic nitrogens is 2. The highest BCUT2D eigenvalue weighted by molar-refractivity contribution is 14.1. The number of alkyl halides is 1. The predicted molar refractivity (Wildman–Crippen MR) is 89.6 cm³/mol. The third-order valence-electron chi connectivity index (χ3n) is 3.15. The van der Waals surface area contributed by atoms with Crippen LogP contribution in [0.5, 0.6) is 0 Å². The molecule has 1 unspecified atom stereocenters. The van der Waals surface area contributed by atoms with Crippen molar-refractivity contribution in [3.63, 3.8) is 0 Å². The fraction of sp³-hybridized carbons (Fsp3) is 0.462. The molecule has 1 aromatic carbocycles. The summed E-state index contributed by atoms with van der Waals surface area (Å²) in [4.78, 5) is 4.49. The van der Waals surface area contributed by atoms with E-state index in [-0.39, 0.29) is 5.82 Å². The molecule has 104 valence electrons. The van der Waals surface area contributed by atoms with Gasteiger partial charge >= 0.3 is 0 Å². The maximum absolute atomic E-state index is 13.7. The molecule has 0 saturated heterocycles. The average molecular weight is 413 g/mol. The van der Waals surface area contributed by atoms with Gasteiger partial charge in [0.25, 0.3) is 0 Å². The molecule has 0 aliphatic rings. The number of hydrogen-bond donors (Lipinski definition) is 0. The quantitative estimate of drug-likeness (QED) is 0.525. The lowest BCUT2D eigenvalue weighted by atomic mass is 10.3. The molecule has 2 nitrogen and oxygen atoms in total. The van der Waals surface area contributed by atoms with Crippen LogP contribution >= 0.6 is 46.0 Å². The van der Waals surface area contributed by atoms with Gasteiger partial charge in [0, 0.05) is 17.9 Å². The first-order chi connectivity index (χ1) is 9.06. The summed E-state index contributed by atoms with van der Waals surface area (Å²) in [5.74, 6) is 0.959. The standard InChI is InChI=1S/C13H15ClFIN2S/c1-8(19-2)3-4-18-12-5-9(15)10(16)6-11(12)17-13(18)7-14/h5-6,8H,3-4,7H2,1-2H3. The Morgan fingerprint density at radius 2 is 2.26 bits per heavy atom. The van der Waals surface area contributed by atoms with Crippen LogP contribution in [0.15, 0.2) is 12.1 Å². The van der Waals surface area contributed by atoms with Crippen molar-refractivity contribution in [2.45, 2.75) is 31.0 Å². The second-order valence-electron chi connectivity index (χ2n) is 4.40. The molecule has 19 heavy (non-hydrogen) atoms.